The summed E-state index contributed by atoms with van der Waals surface area (Å²) in [5, 5.41) is 8.36. The van der Waals surface area contributed by atoms with Crippen LogP contribution >= 0.6 is 0 Å². The Morgan fingerprint density at radius 1 is 1.06 bits per heavy atom. The van der Waals surface area contributed by atoms with E-state index in [-0.39, 0.29) is 11.8 Å². The average molecular weight is 493 g/mol. The monoisotopic (exact) mass is 492 g/mol. The Morgan fingerprint density at radius 3 is 2.43 bits per heavy atom. The zero-order valence-corrected chi connectivity index (χ0v) is 20.9. The number of unbranched alkanes of at least 4 members (excludes halogenated alkanes) is 1. The number of Topliss-reactive ketones (excluding diaryl/α,β-unsaturated/α-hetero) is 2. The molecule has 4 amide bonds. The molecule has 1 aliphatic heterocycles. The molecule has 3 rings (SSSR count). The van der Waals surface area contributed by atoms with Gasteiger partial charge >= 0.3 is 6.03 Å². The maximum Gasteiger partial charge on any atom is 0.318 e. The quantitative estimate of drug-likeness (QED) is 0.419. The van der Waals surface area contributed by atoms with Crippen LogP contribution in [-0.2, 0) is 23.9 Å². The number of rotatable bonds is 9. The Labute approximate surface area is 207 Å². The van der Waals surface area contributed by atoms with E-state index in [1.54, 1.807) is 4.90 Å². The lowest BCUT2D eigenvalue weighted by Crippen LogP contribution is -2.64. The average Bonchev–Trinajstić information content (AvgIpc) is 2.88. The fourth-order valence-electron chi connectivity index (χ4n) is 5.11. The van der Waals surface area contributed by atoms with Gasteiger partial charge in [-0.1, -0.05) is 45.4 Å². The van der Waals surface area contributed by atoms with Crippen LogP contribution in [0.2, 0.25) is 0 Å². The predicted molar refractivity (Wildman–Crippen MR) is 129 cm³/mol. The highest BCUT2D eigenvalue weighted by molar-refractivity contribution is 6.38. The van der Waals surface area contributed by atoms with Gasteiger partial charge in [-0.2, -0.15) is 0 Å². The second-order valence-electron chi connectivity index (χ2n) is 9.94. The standard InChI is InChI=1S/C25H40N4O6/c1-2-3-9-19(21(31)22(32)26-18-10-5-6-11-20(18)30)27-23(33)25(12-7-4-8-13-25)28-24(34)29-14-16-35-17-15-29/h18-19H,2-17H2,1H3,(H,26,32)(H,27,33)(H,28,34)/t18?,19-/m0/s1. The molecule has 3 fully saturated rings. The van der Waals surface area contributed by atoms with Crippen molar-refractivity contribution in [3.8, 4) is 0 Å². The highest BCUT2D eigenvalue weighted by atomic mass is 16.5. The third kappa shape index (κ3) is 7.25. The SMILES string of the molecule is CCCC[C@H](NC(=O)C1(NC(=O)N2CCOCC2)CCCCC1)C(=O)C(=O)NC1CCCCC1=O. The predicted octanol–water partition coefficient (Wildman–Crippen LogP) is 1.60. The molecule has 196 valence electrons. The third-order valence-corrected chi connectivity index (χ3v) is 7.34. The third-order valence-electron chi connectivity index (χ3n) is 7.34. The first-order chi connectivity index (χ1) is 16.9. The molecule has 2 aliphatic carbocycles. The van der Waals surface area contributed by atoms with Crippen molar-refractivity contribution < 1.29 is 28.7 Å². The van der Waals surface area contributed by atoms with Gasteiger partial charge in [0.2, 0.25) is 11.7 Å². The lowest BCUT2D eigenvalue weighted by atomic mass is 9.80. The number of hydrogen-bond donors (Lipinski definition) is 3. The Morgan fingerprint density at radius 2 is 1.77 bits per heavy atom. The van der Waals surface area contributed by atoms with E-state index < -0.39 is 35.2 Å². The maximum absolute atomic E-state index is 13.6. The fourth-order valence-corrected chi connectivity index (χ4v) is 5.11. The van der Waals surface area contributed by atoms with Crippen LogP contribution in [0.25, 0.3) is 0 Å². The number of hydrogen-bond acceptors (Lipinski definition) is 6. The summed E-state index contributed by atoms with van der Waals surface area (Å²) in [5.74, 6) is -2.05. The second-order valence-corrected chi connectivity index (χ2v) is 9.94. The van der Waals surface area contributed by atoms with Gasteiger partial charge < -0.3 is 25.6 Å². The molecule has 0 aromatic carbocycles. The van der Waals surface area contributed by atoms with E-state index >= 15 is 0 Å². The molecule has 0 spiro atoms. The first-order valence-corrected chi connectivity index (χ1v) is 13.2. The Kier molecular flexibility index (Phi) is 10.1. The summed E-state index contributed by atoms with van der Waals surface area (Å²) < 4.78 is 5.31. The van der Waals surface area contributed by atoms with Gasteiger partial charge in [-0.05, 0) is 32.1 Å². The molecular weight excluding hydrogens is 452 g/mol. The van der Waals surface area contributed by atoms with Crippen LogP contribution in [0.1, 0.15) is 84.0 Å². The molecule has 0 bridgehead atoms. The number of nitrogens with one attached hydrogen (secondary N) is 3. The molecule has 0 aromatic heterocycles. The Bertz CT molecular complexity index is 789. The van der Waals surface area contributed by atoms with Crippen LogP contribution in [0.4, 0.5) is 4.79 Å². The number of urea groups is 1. The van der Waals surface area contributed by atoms with Gasteiger partial charge in [0.15, 0.2) is 5.78 Å². The summed E-state index contributed by atoms with van der Waals surface area (Å²) in [4.78, 5) is 66.1. The molecule has 10 heteroatoms. The number of nitrogens with zero attached hydrogens (tertiary/aromatic N) is 1. The number of ketones is 2. The molecule has 1 heterocycles. The maximum atomic E-state index is 13.6. The summed E-state index contributed by atoms with van der Waals surface area (Å²) in [6.07, 6.45) is 7.82. The van der Waals surface area contributed by atoms with E-state index in [0.717, 1.165) is 38.5 Å². The van der Waals surface area contributed by atoms with E-state index in [1.807, 2.05) is 6.92 Å². The zero-order valence-electron chi connectivity index (χ0n) is 20.9. The van der Waals surface area contributed by atoms with Gasteiger partial charge in [0.05, 0.1) is 25.3 Å². The second kappa shape index (κ2) is 13.0. The first-order valence-electron chi connectivity index (χ1n) is 13.2. The summed E-state index contributed by atoms with van der Waals surface area (Å²) in [6, 6.07) is -1.95. The molecule has 1 unspecified atom stereocenters. The van der Waals surface area contributed by atoms with Crippen LogP contribution in [0.5, 0.6) is 0 Å². The van der Waals surface area contributed by atoms with Crippen LogP contribution in [0.3, 0.4) is 0 Å². The van der Waals surface area contributed by atoms with Crippen LogP contribution in [0, 0.1) is 0 Å². The largest absolute Gasteiger partial charge is 0.378 e. The molecule has 10 nitrogen and oxygen atoms in total. The molecule has 1 saturated heterocycles. The number of morpholine rings is 1. The number of amides is 4. The number of carbonyl (C=O) groups excluding carboxylic acids is 5. The molecule has 2 atom stereocenters. The highest BCUT2D eigenvalue weighted by Gasteiger charge is 2.43. The van der Waals surface area contributed by atoms with E-state index in [4.69, 9.17) is 4.74 Å². The van der Waals surface area contributed by atoms with E-state index in [1.165, 1.54) is 0 Å². The number of ether oxygens (including phenoxy) is 1. The summed E-state index contributed by atoms with van der Waals surface area (Å²) in [7, 11) is 0. The van der Waals surface area contributed by atoms with Crippen molar-refractivity contribution in [3.05, 3.63) is 0 Å². The van der Waals surface area contributed by atoms with Crippen LogP contribution in [-0.4, -0.2) is 78.2 Å². The van der Waals surface area contributed by atoms with Gasteiger partial charge in [0, 0.05) is 19.5 Å². The van der Waals surface area contributed by atoms with Gasteiger partial charge in [-0.15, -0.1) is 0 Å². The molecule has 2 saturated carbocycles. The van der Waals surface area contributed by atoms with Crippen molar-refractivity contribution in [3.63, 3.8) is 0 Å². The lowest BCUT2D eigenvalue weighted by molar-refractivity contribution is -0.142. The van der Waals surface area contributed by atoms with E-state index in [9.17, 15) is 24.0 Å². The Hall–Kier alpha value is -2.49. The van der Waals surface area contributed by atoms with Crippen molar-refractivity contribution in [2.75, 3.05) is 26.3 Å². The first kappa shape index (κ1) is 27.1. The van der Waals surface area contributed by atoms with Gasteiger partial charge in [0.1, 0.15) is 5.54 Å². The molecule has 35 heavy (non-hydrogen) atoms. The minimum Gasteiger partial charge on any atom is -0.378 e. The normalized spacial score (nSPS) is 23.2. The van der Waals surface area contributed by atoms with Crippen molar-refractivity contribution in [2.45, 2.75) is 102 Å². The molecule has 3 aliphatic rings. The van der Waals surface area contributed by atoms with Gasteiger partial charge in [0.25, 0.3) is 5.91 Å². The van der Waals surface area contributed by atoms with Crippen molar-refractivity contribution in [1.29, 1.82) is 0 Å². The van der Waals surface area contributed by atoms with Crippen LogP contribution < -0.4 is 16.0 Å². The molecule has 3 N–H and O–H groups in total. The topological polar surface area (TPSA) is 134 Å². The van der Waals surface area contributed by atoms with Crippen molar-refractivity contribution in [2.24, 2.45) is 0 Å². The van der Waals surface area contributed by atoms with Gasteiger partial charge in [-0.3, -0.25) is 19.2 Å². The fraction of sp³-hybridized carbons (Fsp3) is 0.800. The summed E-state index contributed by atoms with van der Waals surface area (Å²) in [5.41, 5.74) is -1.12. The van der Waals surface area contributed by atoms with Crippen molar-refractivity contribution in [1.82, 2.24) is 20.9 Å². The zero-order chi connectivity index (χ0) is 25.3. The molecule has 0 aromatic rings. The van der Waals surface area contributed by atoms with Crippen LogP contribution in [0.15, 0.2) is 0 Å². The summed E-state index contributed by atoms with van der Waals surface area (Å²) in [6.45, 7) is 3.80. The molecular formula is C25H40N4O6. The van der Waals surface area contributed by atoms with E-state index in [2.05, 4.69) is 16.0 Å². The number of carbonyl (C=O) groups is 5. The minimum atomic E-state index is -1.12. The lowest BCUT2D eigenvalue weighted by Gasteiger charge is -2.39. The highest BCUT2D eigenvalue weighted by Crippen LogP contribution is 2.29. The van der Waals surface area contributed by atoms with Gasteiger partial charge in [-0.25, -0.2) is 4.79 Å². The minimum absolute atomic E-state index is 0.0569. The van der Waals surface area contributed by atoms with Crippen molar-refractivity contribution >= 4 is 29.4 Å². The van der Waals surface area contributed by atoms with E-state index in [0.29, 0.717) is 64.8 Å². The Balaban J connectivity index is 1.69. The summed E-state index contributed by atoms with van der Waals surface area (Å²) >= 11 is 0. The molecule has 0 radical (unpaired) electrons. The smallest absolute Gasteiger partial charge is 0.318 e.